The molecule has 14 heteroatoms. The summed E-state index contributed by atoms with van der Waals surface area (Å²) in [5, 5.41) is 24.7. The molecule has 0 atom stereocenters. The number of hydrogen-bond donors (Lipinski definition) is 1. The van der Waals surface area contributed by atoms with Crippen LogP contribution in [-0.2, 0) is 12.7 Å². The number of benzene rings is 1. The minimum atomic E-state index is -4.70. The molecule has 0 fully saturated rings. The lowest BCUT2D eigenvalue weighted by Gasteiger charge is -2.06. The van der Waals surface area contributed by atoms with E-state index in [1.54, 1.807) is 36.5 Å². The van der Waals surface area contributed by atoms with Gasteiger partial charge in [-0.1, -0.05) is 11.6 Å². The topological polar surface area (TPSA) is 114 Å². The number of aromatic nitrogens is 8. The zero-order valence-electron chi connectivity index (χ0n) is 16.7. The van der Waals surface area contributed by atoms with Crippen LogP contribution in [-0.4, -0.2) is 40.0 Å². The Bertz CT molecular complexity index is 1580. The summed E-state index contributed by atoms with van der Waals surface area (Å²) >= 11 is 9.80. The summed E-state index contributed by atoms with van der Waals surface area (Å²) in [5.41, 5.74) is 2.73. The Kier molecular flexibility index (Phi) is 5.34. The van der Waals surface area contributed by atoms with E-state index in [9.17, 15) is 18.4 Å². The molecule has 0 aliphatic rings. The minimum Gasteiger partial charge on any atom is -0.352 e. The van der Waals surface area contributed by atoms with E-state index in [1.165, 1.54) is 4.68 Å². The standard InChI is InChI=1S/C20H10BrClF3N9/c21-13-5-10(8-26)4-11-6-15(28-17(11)13)16-7-12(9-33-31-19(29-32-33)20(23,24)25)30-34(16)18-14(22)2-1-3-27-18/h1-7,28H,9H2. The highest BCUT2D eigenvalue weighted by Crippen LogP contribution is 2.32. The maximum atomic E-state index is 12.8. The van der Waals surface area contributed by atoms with E-state index in [0.29, 0.717) is 38.0 Å². The lowest BCUT2D eigenvalue weighted by Crippen LogP contribution is -2.10. The molecule has 0 aliphatic heterocycles. The second kappa shape index (κ2) is 8.23. The molecule has 9 nitrogen and oxygen atoms in total. The Hall–Kier alpha value is -3.76. The van der Waals surface area contributed by atoms with Gasteiger partial charge < -0.3 is 4.98 Å². The van der Waals surface area contributed by atoms with Crippen molar-refractivity contribution in [3.63, 3.8) is 0 Å². The zero-order chi connectivity index (χ0) is 24.0. The number of nitrogens with zero attached hydrogens (tertiary/aromatic N) is 8. The highest BCUT2D eigenvalue weighted by atomic mass is 79.9. The van der Waals surface area contributed by atoms with Crippen molar-refractivity contribution < 1.29 is 13.2 Å². The smallest absolute Gasteiger partial charge is 0.352 e. The predicted octanol–water partition coefficient (Wildman–Crippen LogP) is 4.76. The van der Waals surface area contributed by atoms with Crippen molar-refractivity contribution in [3.8, 4) is 23.3 Å². The predicted molar refractivity (Wildman–Crippen MR) is 118 cm³/mol. The van der Waals surface area contributed by atoms with Gasteiger partial charge in [-0.15, -0.1) is 10.2 Å². The van der Waals surface area contributed by atoms with E-state index in [2.05, 4.69) is 52.5 Å². The van der Waals surface area contributed by atoms with Crippen LogP contribution in [0.25, 0.3) is 28.1 Å². The van der Waals surface area contributed by atoms with E-state index in [4.69, 9.17) is 11.6 Å². The van der Waals surface area contributed by atoms with Crippen LogP contribution in [0.4, 0.5) is 13.2 Å². The number of rotatable bonds is 4. The van der Waals surface area contributed by atoms with Crippen LogP contribution < -0.4 is 0 Å². The van der Waals surface area contributed by atoms with Crippen LogP contribution >= 0.6 is 27.5 Å². The summed E-state index contributed by atoms with van der Waals surface area (Å²) in [6.07, 6.45) is -3.16. The number of nitriles is 1. The first-order valence-electron chi connectivity index (χ1n) is 9.50. The van der Waals surface area contributed by atoms with E-state index >= 15 is 0 Å². The first-order valence-corrected chi connectivity index (χ1v) is 10.7. The fourth-order valence-corrected chi connectivity index (χ4v) is 4.14. The summed E-state index contributed by atoms with van der Waals surface area (Å²) in [5.74, 6) is -1.02. The third kappa shape index (κ3) is 4.02. The molecular formula is C20H10BrClF3N9. The van der Waals surface area contributed by atoms with Crippen LogP contribution in [0, 0.1) is 11.3 Å². The summed E-state index contributed by atoms with van der Waals surface area (Å²) in [6.45, 7) is -0.171. The summed E-state index contributed by atoms with van der Waals surface area (Å²) in [7, 11) is 0. The van der Waals surface area contributed by atoms with Gasteiger partial charge in [0.15, 0.2) is 5.82 Å². The first kappa shape index (κ1) is 22.1. The number of alkyl halides is 3. The second-order valence-electron chi connectivity index (χ2n) is 7.10. The number of H-pyrrole nitrogens is 1. The quantitative estimate of drug-likeness (QED) is 0.347. The maximum absolute atomic E-state index is 12.8. The molecule has 0 radical (unpaired) electrons. The van der Waals surface area contributed by atoms with Crippen LogP contribution in [0.5, 0.6) is 0 Å². The Morgan fingerprint density at radius 2 is 2.00 bits per heavy atom. The molecule has 0 saturated heterocycles. The molecule has 5 aromatic rings. The third-order valence-corrected chi connectivity index (χ3v) is 5.72. The maximum Gasteiger partial charge on any atom is 0.455 e. The van der Waals surface area contributed by atoms with Crippen LogP contribution in [0.2, 0.25) is 5.02 Å². The molecule has 1 aromatic carbocycles. The first-order chi connectivity index (χ1) is 16.2. The minimum absolute atomic E-state index is 0.171. The SMILES string of the molecule is N#Cc1cc(Br)c2[nH]c(-c3cc(Cn4nnc(C(F)(F)F)n4)nn3-c3ncccc3Cl)cc2c1. The fourth-order valence-electron chi connectivity index (χ4n) is 3.36. The van der Waals surface area contributed by atoms with Crippen LogP contribution in [0.3, 0.4) is 0 Å². The Balaban J connectivity index is 1.63. The Morgan fingerprint density at radius 1 is 1.18 bits per heavy atom. The van der Waals surface area contributed by atoms with Crippen molar-refractivity contribution >= 4 is 38.4 Å². The number of nitrogens with one attached hydrogen (secondary N) is 1. The average molecular weight is 549 g/mol. The van der Waals surface area contributed by atoms with Crippen molar-refractivity contribution in [2.45, 2.75) is 12.7 Å². The average Bonchev–Trinajstić information content (AvgIpc) is 3.52. The number of hydrogen-bond acceptors (Lipinski definition) is 6. The molecule has 0 aliphatic carbocycles. The van der Waals surface area contributed by atoms with Crippen molar-refractivity contribution in [3.05, 3.63) is 69.2 Å². The van der Waals surface area contributed by atoms with Gasteiger partial charge in [-0.3, -0.25) is 0 Å². The third-order valence-electron chi connectivity index (χ3n) is 4.79. The number of aromatic amines is 1. The van der Waals surface area contributed by atoms with Crippen molar-refractivity contribution in [1.29, 1.82) is 5.26 Å². The molecule has 34 heavy (non-hydrogen) atoms. The zero-order valence-corrected chi connectivity index (χ0v) is 19.1. The van der Waals surface area contributed by atoms with E-state index in [-0.39, 0.29) is 6.54 Å². The van der Waals surface area contributed by atoms with Gasteiger partial charge in [0.25, 0.3) is 5.82 Å². The van der Waals surface area contributed by atoms with Gasteiger partial charge in [-0.05, 0) is 57.5 Å². The Morgan fingerprint density at radius 3 is 2.71 bits per heavy atom. The normalized spacial score (nSPS) is 11.8. The summed E-state index contributed by atoms with van der Waals surface area (Å²) in [6, 6.07) is 12.3. The summed E-state index contributed by atoms with van der Waals surface area (Å²) in [4.78, 5) is 8.37. The van der Waals surface area contributed by atoms with E-state index in [1.807, 2.05) is 6.07 Å². The molecule has 0 saturated carbocycles. The van der Waals surface area contributed by atoms with Gasteiger partial charge in [0, 0.05) is 16.1 Å². The van der Waals surface area contributed by atoms with Gasteiger partial charge in [-0.25, -0.2) is 9.67 Å². The molecule has 4 heterocycles. The highest BCUT2D eigenvalue weighted by molar-refractivity contribution is 9.10. The Labute approximate surface area is 201 Å². The van der Waals surface area contributed by atoms with Crippen molar-refractivity contribution in [2.75, 3.05) is 0 Å². The lowest BCUT2D eigenvalue weighted by atomic mass is 10.1. The monoisotopic (exact) mass is 547 g/mol. The highest BCUT2D eigenvalue weighted by Gasteiger charge is 2.36. The lowest BCUT2D eigenvalue weighted by molar-refractivity contribution is -0.145. The fraction of sp³-hybridized carbons (Fsp3) is 0.100. The molecule has 4 aromatic heterocycles. The molecular weight excluding hydrogens is 539 g/mol. The van der Waals surface area contributed by atoms with Gasteiger partial charge >= 0.3 is 6.18 Å². The van der Waals surface area contributed by atoms with Crippen LogP contribution in [0.15, 0.2) is 47.1 Å². The number of tetrazole rings is 1. The molecule has 0 unspecified atom stereocenters. The van der Waals surface area contributed by atoms with Crippen LogP contribution in [0.1, 0.15) is 17.1 Å². The summed E-state index contributed by atoms with van der Waals surface area (Å²) < 4.78 is 40.7. The van der Waals surface area contributed by atoms with E-state index in [0.717, 1.165) is 15.7 Å². The molecule has 0 amide bonds. The van der Waals surface area contributed by atoms with Gasteiger partial charge in [0.1, 0.15) is 6.54 Å². The molecule has 170 valence electrons. The van der Waals surface area contributed by atoms with Gasteiger partial charge in [0.05, 0.1) is 39.3 Å². The largest absolute Gasteiger partial charge is 0.455 e. The van der Waals surface area contributed by atoms with Crippen molar-refractivity contribution in [2.24, 2.45) is 0 Å². The van der Waals surface area contributed by atoms with Gasteiger partial charge in [0.2, 0.25) is 0 Å². The number of pyridine rings is 1. The van der Waals surface area contributed by atoms with Crippen molar-refractivity contribution in [1.82, 2.24) is 40.0 Å². The molecule has 5 rings (SSSR count). The number of halogens is 5. The van der Waals surface area contributed by atoms with Gasteiger partial charge in [-0.2, -0.15) is 28.3 Å². The molecule has 1 N–H and O–H groups in total. The molecule has 0 bridgehead atoms. The van der Waals surface area contributed by atoms with E-state index < -0.39 is 12.0 Å². The second-order valence-corrected chi connectivity index (χ2v) is 8.36. The number of fused-ring (bicyclic) bond motifs is 1. The molecule has 0 spiro atoms.